The third kappa shape index (κ3) is 5.09. The first kappa shape index (κ1) is 19.9. The first-order valence-electron chi connectivity index (χ1n) is 8.56. The molecule has 0 aliphatic rings. The number of hydrogen-bond acceptors (Lipinski definition) is 5. The molecule has 0 fully saturated rings. The van der Waals surface area contributed by atoms with E-state index < -0.39 is 16.0 Å². The molecular formula is C22H16N2O4S. The second kappa shape index (κ2) is 8.87. The lowest BCUT2D eigenvalue weighted by atomic mass is 10.1. The van der Waals surface area contributed by atoms with E-state index in [1.54, 1.807) is 66.7 Å². The molecule has 1 N–H and O–H groups in total. The fraction of sp³-hybridized carbons (Fsp3) is 0. The number of rotatable bonds is 6. The Labute approximate surface area is 168 Å². The van der Waals surface area contributed by atoms with E-state index in [0.717, 1.165) is 0 Å². The molecular weight excluding hydrogens is 388 g/mol. The largest absolute Gasteiger partial charge is 0.378 e. The van der Waals surface area contributed by atoms with E-state index in [9.17, 15) is 18.5 Å². The van der Waals surface area contributed by atoms with E-state index in [0.29, 0.717) is 5.69 Å². The number of carbonyl (C=O) groups excluding carboxylic acids is 1. The first-order chi connectivity index (χ1) is 14.0. The SMILES string of the molecule is N#C/C(=C\c1ccccc1OS(=O)(=O)c1ccccc1)C(=O)Nc1ccccc1. The summed E-state index contributed by atoms with van der Waals surface area (Å²) in [5.74, 6) is -0.601. The minimum atomic E-state index is -4.06. The van der Waals surface area contributed by atoms with Crippen molar-refractivity contribution in [2.75, 3.05) is 5.32 Å². The molecule has 144 valence electrons. The molecule has 3 aromatic rings. The number of benzene rings is 3. The van der Waals surface area contributed by atoms with Gasteiger partial charge in [0, 0.05) is 11.3 Å². The normalized spacial score (nSPS) is 11.3. The van der Waals surface area contributed by atoms with Gasteiger partial charge in [0.1, 0.15) is 22.3 Å². The van der Waals surface area contributed by atoms with Gasteiger partial charge in [-0.1, -0.05) is 54.6 Å². The predicted molar refractivity (Wildman–Crippen MR) is 109 cm³/mol. The van der Waals surface area contributed by atoms with Crippen LogP contribution in [0.1, 0.15) is 5.56 Å². The Morgan fingerprint density at radius 2 is 1.48 bits per heavy atom. The highest BCUT2D eigenvalue weighted by atomic mass is 32.2. The average molecular weight is 404 g/mol. The van der Waals surface area contributed by atoms with Gasteiger partial charge in [-0.2, -0.15) is 13.7 Å². The van der Waals surface area contributed by atoms with Gasteiger partial charge in [0.2, 0.25) is 0 Å². The van der Waals surface area contributed by atoms with Crippen molar-refractivity contribution in [2.24, 2.45) is 0 Å². The maximum Gasteiger partial charge on any atom is 0.339 e. The van der Waals surface area contributed by atoms with Crippen LogP contribution in [0.2, 0.25) is 0 Å². The van der Waals surface area contributed by atoms with E-state index in [1.807, 2.05) is 6.07 Å². The molecule has 0 saturated carbocycles. The number of para-hydroxylation sites is 2. The molecule has 0 radical (unpaired) electrons. The predicted octanol–water partition coefficient (Wildman–Crippen LogP) is 4.00. The summed E-state index contributed by atoms with van der Waals surface area (Å²) in [7, 11) is -4.06. The summed E-state index contributed by atoms with van der Waals surface area (Å²) in [4.78, 5) is 12.4. The Hall–Kier alpha value is -3.89. The average Bonchev–Trinajstić information content (AvgIpc) is 2.74. The number of nitrogens with one attached hydrogen (secondary N) is 1. The molecule has 7 heteroatoms. The van der Waals surface area contributed by atoms with Crippen LogP contribution >= 0.6 is 0 Å². The standard InChI is InChI=1S/C22H16N2O4S/c23-16-18(22(25)24-19-10-3-1-4-11-19)15-17-9-7-8-14-21(17)28-29(26,27)20-12-5-2-6-13-20/h1-15H,(H,24,25)/b18-15+. The van der Waals surface area contributed by atoms with Crippen LogP contribution in [0.3, 0.4) is 0 Å². The van der Waals surface area contributed by atoms with Gasteiger partial charge in [-0.05, 0) is 36.4 Å². The van der Waals surface area contributed by atoms with Crippen molar-refractivity contribution in [2.45, 2.75) is 4.90 Å². The Bertz CT molecular complexity index is 1180. The summed E-state index contributed by atoms with van der Waals surface area (Å²) in [5.41, 5.74) is 0.628. The van der Waals surface area contributed by atoms with E-state index >= 15 is 0 Å². The van der Waals surface area contributed by atoms with Gasteiger partial charge >= 0.3 is 10.1 Å². The van der Waals surface area contributed by atoms with Gasteiger partial charge in [-0.3, -0.25) is 4.79 Å². The zero-order valence-corrected chi connectivity index (χ0v) is 16.0. The van der Waals surface area contributed by atoms with Crippen LogP contribution in [0.4, 0.5) is 5.69 Å². The summed E-state index contributed by atoms with van der Waals surface area (Å²) >= 11 is 0. The summed E-state index contributed by atoms with van der Waals surface area (Å²) in [6.07, 6.45) is 1.29. The monoisotopic (exact) mass is 404 g/mol. The topological polar surface area (TPSA) is 96.3 Å². The van der Waals surface area contributed by atoms with E-state index in [4.69, 9.17) is 4.18 Å². The van der Waals surface area contributed by atoms with Gasteiger partial charge in [0.25, 0.3) is 5.91 Å². The lowest BCUT2D eigenvalue weighted by molar-refractivity contribution is -0.112. The Morgan fingerprint density at radius 1 is 0.897 bits per heavy atom. The van der Waals surface area contributed by atoms with Crippen LogP contribution in [0, 0.1) is 11.3 Å². The number of carbonyl (C=O) groups is 1. The zero-order chi connectivity index (χ0) is 20.7. The lowest BCUT2D eigenvalue weighted by Gasteiger charge is -2.10. The van der Waals surface area contributed by atoms with Crippen molar-refractivity contribution >= 4 is 27.8 Å². The number of hydrogen-bond donors (Lipinski definition) is 1. The minimum absolute atomic E-state index is 0.00103. The van der Waals surface area contributed by atoms with Gasteiger partial charge in [0.05, 0.1) is 0 Å². The molecule has 0 spiro atoms. The maximum atomic E-state index is 12.5. The van der Waals surface area contributed by atoms with E-state index in [2.05, 4.69) is 5.32 Å². The molecule has 0 aliphatic carbocycles. The van der Waals surface area contributed by atoms with Crippen molar-refractivity contribution in [3.63, 3.8) is 0 Å². The molecule has 29 heavy (non-hydrogen) atoms. The molecule has 1 amide bonds. The number of amides is 1. The Morgan fingerprint density at radius 3 is 2.14 bits per heavy atom. The molecule has 3 aromatic carbocycles. The second-order valence-electron chi connectivity index (χ2n) is 5.88. The highest BCUT2D eigenvalue weighted by molar-refractivity contribution is 7.87. The molecule has 0 aliphatic heterocycles. The fourth-order valence-corrected chi connectivity index (χ4v) is 3.43. The number of nitriles is 1. The molecule has 0 unspecified atom stereocenters. The molecule has 0 atom stereocenters. The molecule has 0 saturated heterocycles. The van der Waals surface area contributed by atoms with Crippen LogP contribution in [-0.2, 0) is 14.9 Å². The van der Waals surface area contributed by atoms with Crippen LogP contribution in [0.15, 0.2) is 95.4 Å². The molecule has 3 rings (SSSR count). The first-order valence-corrected chi connectivity index (χ1v) is 9.97. The highest BCUT2D eigenvalue weighted by Gasteiger charge is 2.18. The smallest absolute Gasteiger partial charge is 0.339 e. The summed E-state index contributed by atoms with van der Waals surface area (Å²) < 4.78 is 30.2. The molecule has 6 nitrogen and oxygen atoms in total. The van der Waals surface area contributed by atoms with Crippen LogP contribution in [0.5, 0.6) is 5.75 Å². The lowest BCUT2D eigenvalue weighted by Crippen LogP contribution is -2.13. The van der Waals surface area contributed by atoms with E-state index in [1.165, 1.54) is 24.3 Å². The molecule has 0 bridgehead atoms. The summed E-state index contributed by atoms with van der Waals surface area (Å²) in [5, 5.41) is 12.0. The number of nitrogens with zero attached hydrogens (tertiary/aromatic N) is 1. The van der Waals surface area contributed by atoms with Crippen molar-refractivity contribution in [1.29, 1.82) is 5.26 Å². The quantitative estimate of drug-likeness (QED) is 0.381. The van der Waals surface area contributed by atoms with Gasteiger partial charge in [0.15, 0.2) is 0 Å². The van der Waals surface area contributed by atoms with E-state index in [-0.39, 0.29) is 21.8 Å². The second-order valence-corrected chi connectivity index (χ2v) is 7.42. The van der Waals surface area contributed by atoms with Crippen molar-refractivity contribution < 1.29 is 17.4 Å². The summed E-state index contributed by atoms with van der Waals surface area (Å²) in [6, 6.07) is 24.5. The molecule has 0 heterocycles. The Kier molecular flexibility index (Phi) is 6.07. The van der Waals surface area contributed by atoms with Gasteiger partial charge in [-0.25, -0.2) is 0 Å². The van der Waals surface area contributed by atoms with Crippen molar-refractivity contribution in [1.82, 2.24) is 0 Å². The summed E-state index contributed by atoms with van der Waals surface area (Å²) in [6.45, 7) is 0. The fourth-order valence-electron chi connectivity index (χ4n) is 2.45. The highest BCUT2D eigenvalue weighted by Crippen LogP contribution is 2.25. The van der Waals surface area contributed by atoms with Crippen molar-refractivity contribution in [3.05, 3.63) is 96.1 Å². The minimum Gasteiger partial charge on any atom is -0.378 e. The van der Waals surface area contributed by atoms with Gasteiger partial charge < -0.3 is 9.50 Å². The number of anilines is 1. The van der Waals surface area contributed by atoms with Crippen LogP contribution < -0.4 is 9.50 Å². The molecule has 0 aromatic heterocycles. The van der Waals surface area contributed by atoms with Crippen LogP contribution in [-0.4, -0.2) is 14.3 Å². The van der Waals surface area contributed by atoms with Crippen LogP contribution in [0.25, 0.3) is 6.08 Å². The zero-order valence-electron chi connectivity index (χ0n) is 15.1. The van der Waals surface area contributed by atoms with Crippen molar-refractivity contribution in [3.8, 4) is 11.8 Å². The third-order valence-corrected chi connectivity index (χ3v) is 5.10. The third-order valence-electron chi connectivity index (χ3n) is 3.85. The van der Waals surface area contributed by atoms with Gasteiger partial charge in [-0.15, -0.1) is 0 Å². The maximum absolute atomic E-state index is 12.5. The Balaban J connectivity index is 1.89.